The number of nitrogens with one attached hydrogen (secondary N) is 1. The van der Waals surface area contributed by atoms with Crippen molar-refractivity contribution in [1.82, 2.24) is 0 Å². The highest BCUT2D eigenvalue weighted by Crippen LogP contribution is 2.57. The molecule has 5 aromatic carbocycles. The Kier molecular flexibility index (Phi) is 5.59. The van der Waals surface area contributed by atoms with Gasteiger partial charge < -0.3 is 25.0 Å². The first-order valence-electron chi connectivity index (χ1n) is 13.1. The Hall–Kier alpha value is -5.89. The predicted octanol–water partition coefficient (Wildman–Crippen LogP) is 6.15. The van der Waals surface area contributed by atoms with Gasteiger partial charge in [0.2, 0.25) is 0 Å². The van der Waals surface area contributed by atoms with E-state index in [0.717, 1.165) is 0 Å². The first-order chi connectivity index (χ1) is 20.3. The fraction of sp³-hybridized carbons (Fsp3) is 0.0294. The van der Waals surface area contributed by atoms with Gasteiger partial charge in [-0.15, -0.1) is 0 Å². The Labute approximate surface area is 239 Å². The first-order valence-corrected chi connectivity index (χ1v) is 13.1. The van der Waals surface area contributed by atoms with E-state index in [4.69, 9.17) is 9.47 Å². The fourth-order valence-electron chi connectivity index (χ4n) is 5.52. The molecule has 0 saturated carbocycles. The molecule has 42 heavy (non-hydrogen) atoms. The smallest absolute Gasteiger partial charge is 0.340 e. The summed E-state index contributed by atoms with van der Waals surface area (Å²) in [6.45, 7) is 0. The lowest BCUT2D eigenvalue weighted by atomic mass is 9.77. The summed E-state index contributed by atoms with van der Waals surface area (Å²) in [7, 11) is 0. The molecule has 2 aliphatic rings. The second-order valence-corrected chi connectivity index (χ2v) is 10.0. The number of anilines is 1. The average molecular weight is 556 g/mol. The van der Waals surface area contributed by atoms with Crippen LogP contribution in [0.1, 0.15) is 53.3 Å². The number of phenolic OH excluding ortho intramolecular Hbond substituents is 2. The molecule has 8 nitrogen and oxygen atoms in total. The Morgan fingerprint density at radius 1 is 0.643 bits per heavy atom. The van der Waals surface area contributed by atoms with Gasteiger partial charge in [0.15, 0.2) is 11.4 Å². The van der Waals surface area contributed by atoms with Gasteiger partial charge in [0, 0.05) is 51.2 Å². The lowest BCUT2D eigenvalue weighted by molar-refractivity contribution is 0.0224. The molecule has 0 aromatic heterocycles. The highest BCUT2D eigenvalue weighted by Gasteiger charge is 2.53. The van der Waals surface area contributed by atoms with Crippen LogP contribution in [0.25, 0.3) is 0 Å². The summed E-state index contributed by atoms with van der Waals surface area (Å²) in [6.07, 6.45) is 0. The van der Waals surface area contributed by atoms with Crippen LogP contribution in [0.5, 0.6) is 23.0 Å². The number of ketones is 1. The minimum Gasteiger partial charge on any atom is -0.508 e. The summed E-state index contributed by atoms with van der Waals surface area (Å²) in [5, 5.41) is 23.0. The normalized spacial score (nSPS) is 13.8. The predicted molar refractivity (Wildman–Crippen MR) is 152 cm³/mol. The van der Waals surface area contributed by atoms with Crippen LogP contribution in [0.3, 0.4) is 0 Å². The third-order valence-corrected chi connectivity index (χ3v) is 7.48. The zero-order valence-electron chi connectivity index (χ0n) is 21.8. The monoisotopic (exact) mass is 555 g/mol. The molecule has 204 valence electrons. The maximum absolute atomic E-state index is 13.3. The van der Waals surface area contributed by atoms with Gasteiger partial charge in [-0.05, 0) is 48.5 Å². The minimum absolute atomic E-state index is 0.0347. The van der Waals surface area contributed by atoms with Gasteiger partial charge in [-0.2, -0.15) is 0 Å². The molecule has 8 heteroatoms. The largest absolute Gasteiger partial charge is 0.508 e. The molecule has 2 heterocycles. The molecule has 0 radical (unpaired) electrons. The van der Waals surface area contributed by atoms with E-state index in [0.29, 0.717) is 39.1 Å². The summed E-state index contributed by atoms with van der Waals surface area (Å²) < 4.78 is 12.0. The first kappa shape index (κ1) is 25.1. The number of benzene rings is 5. The van der Waals surface area contributed by atoms with Gasteiger partial charge in [0.05, 0.1) is 5.56 Å². The molecular weight excluding hydrogens is 534 g/mol. The number of carbonyl (C=O) groups is 3. The number of amides is 1. The van der Waals surface area contributed by atoms with E-state index >= 15 is 0 Å². The average Bonchev–Trinajstić information content (AvgIpc) is 3.28. The lowest BCUT2D eigenvalue weighted by Gasteiger charge is -2.36. The molecule has 2 aliphatic heterocycles. The van der Waals surface area contributed by atoms with Crippen molar-refractivity contribution in [2.45, 2.75) is 5.60 Å². The van der Waals surface area contributed by atoms with Gasteiger partial charge in [-0.25, -0.2) is 4.79 Å². The molecule has 0 atom stereocenters. The Morgan fingerprint density at radius 2 is 1.21 bits per heavy atom. The number of rotatable bonds is 4. The van der Waals surface area contributed by atoms with Crippen LogP contribution in [0.2, 0.25) is 0 Å². The van der Waals surface area contributed by atoms with Crippen molar-refractivity contribution >= 4 is 23.3 Å². The number of ether oxygens (including phenoxy) is 2. The van der Waals surface area contributed by atoms with E-state index in [-0.39, 0.29) is 34.3 Å². The summed E-state index contributed by atoms with van der Waals surface area (Å²) in [5.41, 5.74) is 2.13. The number of esters is 1. The Morgan fingerprint density at radius 3 is 1.86 bits per heavy atom. The van der Waals surface area contributed by atoms with E-state index in [1.165, 1.54) is 24.3 Å². The van der Waals surface area contributed by atoms with Crippen molar-refractivity contribution in [2.75, 3.05) is 5.32 Å². The maximum atomic E-state index is 13.3. The summed E-state index contributed by atoms with van der Waals surface area (Å²) in [6, 6.07) is 29.2. The topological polar surface area (TPSA) is 122 Å². The van der Waals surface area contributed by atoms with Crippen LogP contribution in [-0.4, -0.2) is 27.9 Å². The van der Waals surface area contributed by atoms with Gasteiger partial charge >= 0.3 is 5.97 Å². The van der Waals surface area contributed by atoms with Gasteiger partial charge in [-0.1, -0.05) is 48.5 Å². The Balaban J connectivity index is 1.21. The quantitative estimate of drug-likeness (QED) is 0.180. The molecule has 1 spiro atoms. The van der Waals surface area contributed by atoms with Crippen molar-refractivity contribution < 1.29 is 34.1 Å². The van der Waals surface area contributed by atoms with Crippen molar-refractivity contribution in [3.05, 3.63) is 148 Å². The molecule has 0 fully saturated rings. The summed E-state index contributed by atoms with van der Waals surface area (Å²) >= 11 is 0. The molecule has 0 aliphatic carbocycles. The van der Waals surface area contributed by atoms with Crippen molar-refractivity contribution in [3.63, 3.8) is 0 Å². The number of phenols is 2. The summed E-state index contributed by atoms with van der Waals surface area (Å²) in [4.78, 5) is 39.1. The van der Waals surface area contributed by atoms with Gasteiger partial charge in [-0.3, -0.25) is 9.59 Å². The molecule has 0 unspecified atom stereocenters. The van der Waals surface area contributed by atoms with Crippen molar-refractivity contribution in [2.24, 2.45) is 0 Å². The minimum atomic E-state index is -1.39. The highest BCUT2D eigenvalue weighted by molar-refractivity contribution is 6.10. The summed E-state index contributed by atoms with van der Waals surface area (Å²) in [5.74, 6) is -0.677. The number of carbonyl (C=O) groups excluding carboxylic acids is 3. The van der Waals surface area contributed by atoms with E-state index in [2.05, 4.69) is 5.32 Å². The third-order valence-electron chi connectivity index (χ3n) is 7.48. The molecular formula is C34H21NO7. The molecule has 1 amide bonds. The fourth-order valence-corrected chi connectivity index (χ4v) is 5.52. The van der Waals surface area contributed by atoms with Crippen molar-refractivity contribution in [1.29, 1.82) is 0 Å². The highest BCUT2D eigenvalue weighted by atomic mass is 16.6. The van der Waals surface area contributed by atoms with Gasteiger partial charge in [0.25, 0.3) is 5.91 Å². The Bertz CT molecular complexity index is 1880. The van der Waals surface area contributed by atoms with E-state index in [1.54, 1.807) is 78.9 Å². The van der Waals surface area contributed by atoms with Crippen LogP contribution in [0, 0.1) is 0 Å². The molecule has 3 N–H and O–H groups in total. The zero-order chi connectivity index (χ0) is 29.0. The zero-order valence-corrected chi connectivity index (χ0v) is 21.8. The van der Waals surface area contributed by atoms with Crippen LogP contribution in [0.15, 0.2) is 109 Å². The standard InChI is InChI=1S/C34H21NO7/c36-23-11-14-27-29(17-23)41-30-18-24(37)12-15-28(30)34(27)26-13-10-22(16-25(26)33(40)42-34)35-32(39)21-8-6-20(7-9-21)31(38)19-4-2-1-3-5-19/h1-18,36-37H,(H,35,39). The number of aromatic hydroxyl groups is 2. The number of hydrogen-bond acceptors (Lipinski definition) is 7. The number of hydrogen-bond donors (Lipinski definition) is 3. The maximum Gasteiger partial charge on any atom is 0.340 e. The molecule has 0 bridgehead atoms. The van der Waals surface area contributed by atoms with Crippen LogP contribution in [-0.2, 0) is 10.3 Å². The van der Waals surface area contributed by atoms with E-state index in [1.807, 2.05) is 6.07 Å². The SMILES string of the molecule is O=C(Nc1ccc2c(c1)C(=O)OC21c2ccc(O)cc2Oc2cc(O)ccc21)c1ccc(C(=O)c2ccccc2)cc1. The van der Waals surface area contributed by atoms with E-state index < -0.39 is 17.5 Å². The van der Waals surface area contributed by atoms with Crippen LogP contribution in [0.4, 0.5) is 5.69 Å². The van der Waals surface area contributed by atoms with Gasteiger partial charge in [0.1, 0.15) is 23.0 Å². The number of fused-ring (bicyclic) bond motifs is 6. The van der Waals surface area contributed by atoms with E-state index in [9.17, 15) is 24.6 Å². The van der Waals surface area contributed by atoms with Crippen LogP contribution >= 0.6 is 0 Å². The molecule has 7 rings (SSSR count). The van der Waals surface area contributed by atoms with Crippen molar-refractivity contribution in [3.8, 4) is 23.0 Å². The third kappa shape index (κ3) is 3.88. The molecule has 5 aromatic rings. The second kappa shape index (κ2) is 9.35. The van der Waals surface area contributed by atoms with Crippen LogP contribution < -0.4 is 10.1 Å². The lowest BCUT2D eigenvalue weighted by Crippen LogP contribution is -2.32. The molecule has 0 saturated heterocycles. The second-order valence-electron chi connectivity index (χ2n) is 10.0.